The Bertz CT molecular complexity index is 1050. The maximum absolute atomic E-state index is 6.35. The lowest BCUT2D eigenvalue weighted by Gasteiger charge is -2.31. The van der Waals surface area contributed by atoms with Crippen LogP contribution in [0, 0.1) is 0 Å². The second-order valence-corrected chi connectivity index (χ2v) is 7.92. The standard InChI is InChI=1S/C22H22ClN3/c1-14-22-19-11-17(23)5-6-20(19)26(21(22)8-10-25(14)2)13-16-4-3-15-12-24-9-7-18(15)16/h5-7,9,11-14H,3-4,8,10H2,1-2H3. The third-order valence-electron chi connectivity index (χ3n) is 6.09. The first-order valence-electron chi connectivity index (χ1n) is 9.30. The van der Waals surface area contributed by atoms with Gasteiger partial charge in [0.05, 0.1) is 5.52 Å². The quantitative estimate of drug-likeness (QED) is 0.593. The smallest absolute Gasteiger partial charge is 0.0529 e. The van der Waals surface area contributed by atoms with Crippen LogP contribution >= 0.6 is 11.6 Å². The van der Waals surface area contributed by atoms with Crippen LogP contribution in [0.2, 0.25) is 5.02 Å². The van der Waals surface area contributed by atoms with Crippen LogP contribution in [0.15, 0.2) is 36.7 Å². The molecule has 3 heterocycles. The molecule has 5 rings (SSSR count). The second-order valence-electron chi connectivity index (χ2n) is 7.49. The van der Waals surface area contributed by atoms with E-state index in [0.717, 1.165) is 30.8 Å². The number of hydrogen-bond donors (Lipinski definition) is 0. The zero-order valence-corrected chi connectivity index (χ0v) is 15.9. The predicted molar refractivity (Wildman–Crippen MR) is 108 cm³/mol. The molecular weight excluding hydrogens is 342 g/mol. The van der Waals surface area contributed by atoms with Gasteiger partial charge in [0, 0.05) is 53.7 Å². The van der Waals surface area contributed by atoms with E-state index in [1.54, 1.807) is 0 Å². The Morgan fingerprint density at radius 3 is 2.96 bits per heavy atom. The minimum absolute atomic E-state index is 0.402. The summed E-state index contributed by atoms with van der Waals surface area (Å²) in [5.74, 6) is 0. The average Bonchev–Trinajstić information content (AvgIpc) is 3.18. The lowest BCUT2D eigenvalue weighted by atomic mass is 9.97. The van der Waals surface area contributed by atoms with E-state index in [9.17, 15) is 0 Å². The highest BCUT2D eigenvalue weighted by Crippen LogP contribution is 2.40. The van der Waals surface area contributed by atoms with Crippen LogP contribution in [0.4, 0.5) is 0 Å². The topological polar surface area (TPSA) is 21.1 Å². The van der Waals surface area contributed by atoms with Crippen LogP contribution in [0.5, 0.6) is 0 Å². The normalized spacial score (nSPS) is 21.3. The van der Waals surface area contributed by atoms with Gasteiger partial charge in [0.15, 0.2) is 0 Å². The molecule has 4 heteroatoms. The van der Waals surface area contributed by atoms with E-state index >= 15 is 0 Å². The van der Waals surface area contributed by atoms with Crippen LogP contribution < -0.4 is 0 Å². The Morgan fingerprint density at radius 1 is 1.19 bits per heavy atom. The first-order valence-corrected chi connectivity index (χ1v) is 9.67. The summed E-state index contributed by atoms with van der Waals surface area (Å²) in [7, 11) is 2.21. The maximum atomic E-state index is 6.35. The summed E-state index contributed by atoms with van der Waals surface area (Å²) >= 11 is 6.35. The summed E-state index contributed by atoms with van der Waals surface area (Å²) in [5.41, 5.74) is 8.25. The van der Waals surface area contributed by atoms with Crippen LogP contribution in [0.1, 0.15) is 41.8 Å². The molecule has 2 aromatic heterocycles. The largest absolute Gasteiger partial charge is 0.320 e. The lowest BCUT2D eigenvalue weighted by Crippen LogP contribution is -2.30. The fraction of sp³-hybridized carbons (Fsp3) is 0.318. The minimum atomic E-state index is 0.402. The molecule has 0 radical (unpaired) electrons. The van der Waals surface area contributed by atoms with E-state index in [1.165, 1.54) is 38.9 Å². The summed E-state index contributed by atoms with van der Waals surface area (Å²) in [4.78, 5) is 6.71. The molecule has 1 aromatic carbocycles. The van der Waals surface area contributed by atoms with Gasteiger partial charge in [-0.25, -0.2) is 0 Å². The van der Waals surface area contributed by atoms with E-state index < -0.39 is 0 Å². The molecule has 0 N–H and O–H groups in total. The van der Waals surface area contributed by atoms with Crippen LogP contribution in [0.25, 0.3) is 22.7 Å². The molecular formula is C22H22ClN3. The molecule has 26 heavy (non-hydrogen) atoms. The van der Waals surface area contributed by atoms with Crippen molar-refractivity contribution in [2.75, 3.05) is 13.6 Å². The number of nitrogens with zero attached hydrogens (tertiary/aromatic N) is 3. The first-order chi connectivity index (χ1) is 12.6. The van der Waals surface area contributed by atoms with Crippen molar-refractivity contribution in [3.63, 3.8) is 0 Å². The van der Waals surface area contributed by atoms with Crippen LogP contribution in [0.3, 0.4) is 0 Å². The van der Waals surface area contributed by atoms with Gasteiger partial charge in [-0.3, -0.25) is 9.88 Å². The van der Waals surface area contributed by atoms with Crippen LogP contribution in [-0.2, 0) is 12.8 Å². The van der Waals surface area contributed by atoms with Crippen molar-refractivity contribution >= 4 is 34.3 Å². The molecule has 0 saturated heterocycles. The molecule has 0 bridgehead atoms. The molecule has 1 aliphatic heterocycles. The molecule has 0 saturated carbocycles. The summed E-state index contributed by atoms with van der Waals surface area (Å²) in [6.07, 6.45) is 9.50. The third-order valence-corrected chi connectivity index (χ3v) is 6.32. The van der Waals surface area contributed by atoms with Gasteiger partial charge in [0.25, 0.3) is 0 Å². The maximum Gasteiger partial charge on any atom is 0.0529 e. The molecule has 0 fully saturated rings. The van der Waals surface area contributed by atoms with Gasteiger partial charge in [-0.2, -0.15) is 0 Å². The number of pyridine rings is 1. The van der Waals surface area contributed by atoms with E-state index in [2.05, 4.69) is 52.8 Å². The second kappa shape index (κ2) is 5.97. The summed E-state index contributed by atoms with van der Waals surface area (Å²) in [5, 5.41) is 2.10. The zero-order valence-electron chi connectivity index (χ0n) is 15.2. The monoisotopic (exact) mass is 363 g/mol. The molecule has 3 aromatic rings. The molecule has 1 atom stereocenters. The number of allylic oxidation sites excluding steroid dienone is 1. The molecule has 132 valence electrons. The number of aryl methyl sites for hydroxylation is 1. The lowest BCUT2D eigenvalue weighted by molar-refractivity contribution is 0.247. The van der Waals surface area contributed by atoms with Crippen molar-refractivity contribution in [3.05, 3.63) is 64.1 Å². The highest BCUT2D eigenvalue weighted by Gasteiger charge is 2.28. The highest BCUT2D eigenvalue weighted by atomic mass is 35.5. The van der Waals surface area contributed by atoms with Gasteiger partial charge in [0.2, 0.25) is 0 Å². The number of aromatic nitrogens is 2. The fourth-order valence-corrected chi connectivity index (χ4v) is 4.74. The van der Waals surface area contributed by atoms with E-state index in [1.807, 2.05) is 18.5 Å². The number of halogens is 1. The Kier molecular flexibility index (Phi) is 3.70. The highest BCUT2D eigenvalue weighted by molar-refractivity contribution is 6.31. The number of benzene rings is 1. The average molecular weight is 364 g/mol. The zero-order chi connectivity index (χ0) is 17.8. The van der Waals surface area contributed by atoms with Crippen molar-refractivity contribution in [1.29, 1.82) is 0 Å². The minimum Gasteiger partial charge on any atom is -0.320 e. The van der Waals surface area contributed by atoms with E-state index in [4.69, 9.17) is 11.6 Å². The van der Waals surface area contributed by atoms with Crippen molar-refractivity contribution < 1.29 is 0 Å². The molecule has 0 spiro atoms. The van der Waals surface area contributed by atoms with Gasteiger partial charge < -0.3 is 4.57 Å². The van der Waals surface area contributed by atoms with Gasteiger partial charge >= 0.3 is 0 Å². The predicted octanol–water partition coefficient (Wildman–Crippen LogP) is 5.18. The molecule has 3 nitrogen and oxygen atoms in total. The van der Waals surface area contributed by atoms with Gasteiger partial charge in [0.1, 0.15) is 0 Å². The molecule has 0 amide bonds. The number of hydrogen-bond acceptors (Lipinski definition) is 2. The van der Waals surface area contributed by atoms with Gasteiger partial charge in [-0.15, -0.1) is 0 Å². The fourth-order valence-electron chi connectivity index (χ4n) is 4.56. The number of rotatable bonds is 1. The van der Waals surface area contributed by atoms with Gasteiger partial charge in [-0.05, 0) is 73.3 Å². The Hall–Kier alpha value is -2.10. The van der Waals surface area contributed by atoms with Crippen molar-refractivity contribution in [3.8, 4) is 0 Å². The Balaban J connectivity index is 1.76. The number of fused-ring (bicyclic) bond motifs is 4. The Morgan fingerprint density at radius 2 is 2.08 bits per heavy atom. The summed E-state index contributed by atoms with van der Waals surface area (Å²) < 4.78 is 2.43. The molecule has 2 aliphatic rings. The number of likely N-dealkylation sites (N-methyl/N-ethyl adjacent to an activating group) is 1. The summed E-state index contributed by atoms with van der Waals surface area (Å²) in [6.45, 7) is 3.38. The van der Waals surface area contributed by atoms with Crippen LogP contribution in [-0.4, -0.2) is 28.0 Å². The molecule has 1 aliphatic carbocycles. The van der Waals surface area contributed by atoms with Crippen molar-refractivity contribution in [2.45, 2.75) is 32.2 Å². The summed E-state index contributed by atoms with van der Waals surface area (Å²) in [6, 6.07) is 8.86. The SMILES string of the molecule is CC1c2c(n(C=C3CCc4cnccc43)c3ccc(Cl)cc23)CCN1C. The van der Waals surface area contributed by atoms with Gasteiger partial charge in [-0.1, -0.05) is 11.6 Å². The molecule has 1 unspecified atom stereocenters. The first kappa shape index (κ1) is 16.1. The third kappa shape index (κ3) is 2.34. The van der Waals surface area contributed by atoms with Crippen molar-refractivity contribution in [2.24, 2.45) is 0 Å². The van der Waals surface area contributed by atoms with E-state index in [0.29, 0.717) is 6.04 Å². The van der Waals surface area contributed by atoms with E-state index in [-0.39, 0.29) is 0 Å². The Labute approximate surface area is 158 Å². The van der Waals surface area contributed by atoms with Crippen molar-refractivity contribution in [1.82, 2.24) is 14.5 Å².